The van der Waals surface area contributed by atoms with Crippen molar-refractivity contribution in [3.63, 3.8) is 0 Å². The molecule has 0 amide bonds. The second-order valence-electron chi connectivity index (χ2n) is 3.58. The molecule has 0 radical (unpaired) electrons. The molecule has 1 aromatic rings. The first-order chi connectivity index (χ1) is 7.58. The van der Waals surface area contributed by atoms with Gasteiger partial charge in [0.2, 0.25) is 9.84 Å². The van der Waals surface area contributed by atoms with E-state index in [9.17, 15) is 8.42 Å². The molecule has 1 aliphatic heterocycles. The first kappa shape index (κ1) is 11.2. The highest BCUT2D eigenvalue weighted by atomic mass is 32.2. The lowest BCUT2D eigenvalue weighted by Crippen LogP contribution is -2.08. The van der Waals surface area contributed by atoms with Gasteiger partial charge in [-0.3, -0.25) is 0 Å². The molecule has 0 spiro atoms. The Morgan fingerprint density at radius 3 is 2.75 bits per heavy atom. The van der Waals surface area contributed by atoms with E-state index in [4.69, 9.17) is 4.74 Å². The fraction of sp³-hybridized carbons (Fsp3) is 0.273. The molecule has 0 atom stereocenters. The van der Waals surface area contributed by atoms with E-state index in [0.717, 1.165) is 11.1 Å². The van der Waals surface area contributed by atoms with Crippen LogP contribution >= 0.6 is 0 Å². The Balaban J connectivity index is 2.57. The molecule has 0 bridgehead atoms. The molecule has 1 N–H and O–H groups in total. The average molecular weight is 239 g/mol. The second kappa shape index (κ2) is 3.92. The van der Waals surface area contributed by atoms with Crippen LogP contribution in [0.15, 0.2) is 28.5 Å². The summed E-state index contributed by atoms with van der Waals surface area (Å²) in [6.07, 6.45) is 0. The van der Waals surface area contributed by atoms with E-state index in [1.165, 1.54) is 12.5 Å². The third kappa shape index (κ3) is 1.72. The van der Waals surface area contributed by atoms with Gasteiger partial charge in [0.25, 0.3) is 0 Å². The summed E-state index contributed by atoms with van der Waals surface area (Å²) in [5, 5.41) is 4.27. The quantitative estimate of drug-likeness (QED) is 0.856. The van der Waals surface area contributed by atoms with Crippen LogP contribution in [-0.4, -0.2) is 29.1 Å². The van der Waals surface area contributed by atoms with Crippen LogP contribution in [0.2, 0.25) is 0 Å². The molecule has 86 valence electrons. The highest BCUT2D eigenvalue weighted by Crippen LogP contribution is 2.35. The van der Waals surface area contributed by atoms with Gasteiger partial charge in [-0.2, -0.15) is 0 Å². The standard InChI is InChI=1S/C11H13NO3S/c1-12-6-8-7-16(13,14)11-5-9(15-2)3-4-10(8)11/h3-5,7,12H,6H2,1-2H3. The van der Waals surface area contributed by atoms with Crippen molar-refractivity contribution in [2.75, 3.05) is 20.7 Å². The van der Waals surface area contributed by atoms with E-state index in [1.807, 2.05) is 0 Å². The van der Waals surface area contributed by atoms with Gasteiger partial charge in [0.15, 0.2) is 0 Å². The van der Waals surface area contributed by atoms with Gasteiger partial charge in [-0.15, -0.1) is 0 Å². The summed E-state index contributed by atoms with van der Waals surface area (Å²) in [4.78, 5) is 0.331. The number of ether oxygens (including phenoxy) is 1. The lowest BCUT2D eigenvalue weighted by molar-refractivity contribution is 0.413. The Bertz CT molecular complexity index is 546. The summed E-state index contributed by atoms with van der Waals surface area (Å²) in [5.41, 5.74) is 1.55. The van der Waals surface area contributed by atoms with Crippen LogP contribution in [0.25, 0.3) is 5.57 Å². The van der Waals surface area contributed by atoms with E-state index in [1.54, 1.807) is 25.2 Å². The van der Waals surface area contributed by atoms with Crippen LogP contribution in [-0.2, 0) is 9.84 Å². The van der Waals surface area contributed by atoms with Crippen LogP contribution in [0.5, 0.6) is 5.75 Å². The van der Waals surface area contributed by atoms with Crippen LogP contribution in [0, 0.1) is 0 Å². The highest BCUT2D eigenvalue weighted by molar-refractivity contribution is 7.95. The minimum Gasteiger partial charge on any atom is -0.497 e. The Labute approximate surface area is 94.8 Å². The van der Waals surface area contributed by atoms with E-state index >= 15 is 0 Å². The van der Waals surface area contributed by atoms with Crippen LogP contribution < -0.4 is 10.1 Å². The maximum Gasteiger partial charge on any atom is 0.200 e. The summed E-state index contributed by atoms with van der Waals surface area (Å²) in [5.74, 6) is 0.557. The number of benzene rings is 1. The molecule has 1 aromatic carbocycles. The lowest BCUT2D eigenvalue weighted by Gasteiger charge is -2.05. The van der Waals surface area contributed by atoms with Crippen molar-refractivity contribution >= 4 is 15.4 Å². The number of hydrogen-bond acceptors (Lipinski definition) is 4. The van der Waals surface area contributed by atoms with Gasteiger partial charge in [0.1, 0.15) is 5.75 Å². The molecule has 2 rings (SSSR count). The van der Waals surface area contributed by atoms with Crippen molar-refractivity contribution in [2.45, 2.75) is 4.90 Å². The molecule has 0 fully saturated rings. The zero-order valence-electron chi connectivity index (χ0n) is 9.15. The van der Waals surface area contributed by atoms with Gasteiger partial charge >= 0.3 is 0 Å². The molecular formula is C11H13NO3S. The second-order valence-corrected chi connectivity index (χ2v) is 5.35. The van der Waals surface area contributed by atoms with E-state index in [-0.39, 0.29) is 0 Å². The minimum atomic E-state index is -3.29. The first-order valence-corrected chi connectivity index (χ1v) is 6.42. The molecule has 1 aliphatic rings. The lowest BCUT2D eigenvalue weighted by atomic mass is 10.1. The predicted octanol–water partition coefficient (Wildman–Crippen LogP) is 1.04. The SMILES string of the molecule is CNCC1=CS(=O)(=O)c2cc(OC)ccc21. The summed E-state index contributed by atoms with van der Waals surface area (Å²) >= 11 is 0. The average Bonchev–Trinajstić information content (AvgIpc) is 2.51. The molecule has 0 aliphatic carbocycles. The Morgan fingerprint density at radius 1 is 1.38 bits per heavy atom. The number of likely N-dealkylation sites (N-methyl/N-ethyl adjacent to an activating group) is 1. The Kier molecular flexibility index (Phi) is 2.73. The van der Waals surface area contributed by atoms with Gasteiger partial charge < -0.3 is 10.1 Å². The summed E-state index contributed by atoms with van der Waals surface area (Å²) in [7, 11) is 0.0142. The monoisotopic (exact) mass is 239 g/mol. The summed E-state index contributed by atoms with van der Waals surface area (Å²) in [6, 6.07) is 5.11. The van der Waals surface area contributed by atoms with Gasteiger partial charge in [-0.1, -0.05) is 0 Å². The van der Waals surface area contributed by atoms with Crippen molar-refractivity contribution in [3.05, 3.63) is 29.2 Å². The predicted molar refractivity (Wildman–Crippen MR) is 62.1 cm³/mol. The summed E-state index contributed by atoms with van der Waals surface area (Å²) in [6.45, 7) is 0.540. The zero-order valence-corrected chi connectivity index (χ0v) is 9.97. The van der Waals surface area contributed by atoms with Crippen molar-refractivity contribution in [1.29, 1.82) is 0 Å². The topological polar surface area (TPSA) is 55.4 Å². The fourth-order valence-corrected chi connectivity index (χ4v) is 3.27. The van der Waals surface area contributed by atoms with Gasteiger partial charge in [0.05, 0.1) is 12.0 Å². The molecule has 5 heteroatoms. The Hall–Kier alpha value is -1.33. The van der Waals surface area contributed by atoms with Gasteiger partial charge in [-0.05, 0) is 36.4 Å². The van der Waals surface area contributed by atoms with E-state index < -0.39 is 9.84 Å². The maximum absolute atomic E-state index is 11.8. The van der Waals surface area contributed by atoms with Crippen molar-refractivity contribution in [2.24, 2.45) is 0 Å². The van der Waals surface area contributed by atoms with Gasteiger partial charge in [0, 0.05) is 12.0 Å². The van der Waals surface area contributed by atoms with Gasteiger partial charge in [-0.25, -0.2) is 8.42 Å². The third-order valence-corrected chi connectivity index (χ3v) is 4.05. The van der Waals surface area contributed by atoms with Crippen molar-refractivity contribution < 1.29 is 13.2 Å². The molecule has 0 unspecified atom stereocenters. The van der Waals surface area contributed by atoms with Crippen molar-refractivity contribution in [1.82, 2.24) is 5.32 Å². The van der Waals surface area contributed by atoms with Crippen LogP contribution in [0.1, 0.15) is 5.56 Å². The van der Waals surface area contributed by atoms with E-state index in [2.05, 4.69) is 5.32 Å². The normalized spacial score (nSPS) is 16.8. The highest BCUT2D eigenvalue weighted by Gasteiger charge is 2.26. The molecule has 1 heterocycles. The molecule has 0 aromatic heterocycles. The number of rotatable bonds is 3. The Morgan fingerprint density at radius 2 is 2.12 bits per heavy atom. The number of sulfone groups is 1. The summed E-state index contributed by atoms with van der Waals surface area (Å²) < 4.78 is 28.7. The number of fused-ring (bicyclic) bond motifs is 1. The van der Waals surface area contributed by atoms with Crippen LogP contribution in [0.4, 0.5) is 0 Å². The molecule has 4 nitrogen and oxygen atoms in total. The first-order valence-electron chi connectivity index (χ1n) is 4.87. The van der Waals surface area contributed by atoms with Crippen LogP contribution in [0.3, 0.4) is 0 Å². The maximum atomic E-state index is 11.8. The fourth-order valence-electron chi connectivity index (χ4n) is 1.77. The zero-order chi connectivity index (χ0) is 11.8. The molecule has 16 heavy (non-hydrogen) atoms. The largest absolute Gasteiger partial charge is 0.497 e. The molecule has 0 saturated carbocycles. The van der Waals surface area contributed by atoms with Crippen molar-refractivity contribution in [3.8, 4) is 5.75 Å². The molecular weight excluding hydrogens is 226 g/mol. The number of methoxy groups -OCH3 is 1. The molecule has 0 saturated heterocycles. The minimum absolute atomic E-state index is 0.331. The van der Waals surface area contributed by atoms with E-state index in [0.29, 0.717) is 17.2 Å². The number of nitrogens with one attached hydrogen (secondary N) is 1. The third-order valence-electron chi connectivity index (χ3n) is 2.51. The number of hydrogen-bond donors (Lipinski definition) is 1. The smallest absolute Gasteiger partial charge is 0.200 e.